The van der Waals surface area contributed by atoms with Crippen LogP contribution in [-0.2, 0) is 10.0 Å². The largest absolute Gasteiger partial charge is 0.493 e. The molecule has 9 heteroatoms. The van der Waals surface area contributed by atoms with Crippen LogP contribution in [-0.4, -0.2) is 35.6 Å². The topological polar surface area (TPSA) is 84.9 Å². The zero-order valence-corrected chi connectivity index (χ0v) is 19.6. The van der Waals surface area contributed by atoms with E-state index >= 15 is 0 Å². The van der Waals surface area contributed by atoms with Crippen LogP contribution in [0.15, 0.2) is 65.6 Å². The molecule has 3 aromatic carbocycles. The first-order chi connectivity index (χ1) is 15.2. The third-order valence-corrected chi connectivity index (χ3v) is 6.52. The van der Waals surface area contributed by atoms with Crippen LogP contribution in [0.1, 0.15) is 15.9 Å². The highest BCUT2D eigenvalue weighted by atomic mass is 35.5. The molecule has 1 amide bonds. The zero-order valence-electron chi connectivity index (χ0n) is 18.0. The van der Waals surface area contributed by atoms with Crippen LogP contribution in [0.5, 0.6) is 11.5 Å². The van der Waals surface area contributed by atoms with Crippen molar-refractivity contribution in [3.63, 3.8) is 0 Å². The SMILES string of the molecule is COc1ccc(N(C)C(=O)c2cc(S(=O)(=O)Nc3cccc(C)c3)ccc2Cl)cc1OC. The van der Waals surface area contributed by atoms with E-state index in [9.17, 15) is 13.2 Å². The highest BCUT2D eigenvalue weighted by Gasteiger charge is 2.22. The lowest BCUT2D eigenvalue weighted by molar-refractivity contribution is 0.0993. The summed E-state index contributed by atoms with van der Waals surface area (Å²) >= 11 is 6.25. The van der Waals surface area contributed by atoms with Crippen LogP contribution < -0.4 is 19.1 Å². The Morgan fingerprint density at radius 1 is 0.969 bits per heavy atom. The molecule has 0 saturated carbocycles. The molecule has 0 spiro atoms. The molecule has 32 heavy (non-hydrogen) atoms. The number of nitrogens with one attached hydrogen (secondary N) is 1. The second-order valence-electron chi connectivity index (χ2n) is 7.02. The van der Waals surface area contributed by atoms with Crippen molar-refractivity contribution in [2.45, 2.75) is 11.8 Å². The Morgan fingerprint density at radius 2 is 1.69 bits per heavy atom. The molecule has 0 radical (unpaired) electrons. The Hall–Kier alpha value is -3.23. The molecular weight excluding hydrogens is 452 g/mol. The van der Waals surface area contributed by atoms with Gasteiger partial charge in [0.25, 0.3) is 15.9 Å². The molecule has 3 rings (SSSR count). The minimum absolute atomic E-state index is 0.0519. The van der Waals surface area contributed by atoms with Crippen molar-refractivity contribution in [1.82, 2.24) is 0 Å². The van der Waals surface area contributed by atoms with E-state index < -0.39 is 15.9 Å². The maximum Gasteiger partial charge on any atom is 0.261 e. The smallest absolute Gasteiger partial charge is 0.261 e. The molecule has 0 aliphatic carbocycles. The maximum atomic E-state index is 13.2. The van der Waals surface area contributed by atoms with Crippen LogP contribution >= 0.6 is 11.6 Å². The number of halogens is 1. The molecule has 3 aromatic rings. The second kappa shape index (κ2) is 9.50. The Labute approximate surface area is 192 Å². The van der Waals surface area contributed by atoms with Gasteiger partial charge in [-0.2, -0.15) is 0 Å². The number of amides is 1. The first-order valence-electron chi connectivity index (χ1n) is 9.55. The van der Waals surface area contributed by atoms with E-state index in [2.05, 4.69) is 4.72 Å². The van der Waals surface area contributed by atoms with Crippen LogP contribution in [0.4, 0.5) is 11.4 Å². The van der Waals surface area contributed by atoms with E-state index in [-0.39, 0.29) is 15.5 Å². The number of rotatable bonds is 7. The molecule has 1 N–H and O–H groups in total. The van der Waals surface area contributed by atoms with Crippen LogP contribution in [0.2, 0.25) is 5.02 Å². The van der Waals surface area contributed by atoms with Crippen LogP contribution in [0, 0.1) is 6.92 Å². The minimum atomic E-state index is -3.93. The van der Waals surface area contributed by atoms with Gasteiger partial charge in [0, 0.05) is 24.5 Å². The fourth-order valence-corrected chi connectivity index (χ4v) is 4.36. The molecule has 0 bridgehead atoms. The van der Waals surface area contributed by atoms with Crippen molar-refractivity contribution in [3.05, 3.63) is 76.8 Å². The molecule has 0 atom stereocenters. The zero-order chi connectivity index (χ0) is 23.5. The summed E-state index contributed by atoms with van der Waals surface area (Å²) in [6, 6.07) is 16.0. The first-order valence-corrected chi connectivity index (χ1v) is 11.4. The lowest BCUT2D eigenvalue weighted by atomic mass is 10.2. The van der Waals surface area contributed by atoms with Crippen molar-refractivity contribution in [1.29, 1.82) is 0 Å². The fraction of sp³-hybridized carbons (Fsp3) is 0.174. The molecular formula is C23H23ClN2O5S. The van der Waals surface area contributed by atoms with Gasteiger partial charge >= 0.3 is 0 Å². The number of anilines is 2. The highest BCUT2D eigenvalue weighted by Crippen LogP contribution is 2.32. The molecule has 0 heterocycles. The van der Waals surface area contributed by atoms with Gasteiger partial charge in [0.1, 0.15) is 0 Å². The number of hydrogen-bond acceptors (Lipinski definition) is 5. The average Bonchev–Trinajstić information content (AvgIpc) is 2.77. The predicted octanol–water partition coefficient (Wildman–Crippen LogP) is 4.74. The van der Waals surface area contributed by atoms with Gasteiger partial charge in [-0.05, 0) is 55.0 Å². The van der Waals surface area contributed by atoms with Crippen LogP contribution in [0.25, 0.3) is 0 Å². The van der Waals surface area contributed by atoms with Crippen molar-refractivity contribution < 1.29 is 22.7 Å². The van der Waals surface area contributed by atoms with Gasteiger partial charge in [-0.25, -0.2) is 8.42 Å². The molecule has 0 unspecified atom stereocenters. The number of hydrogen-bond donors (Lipinski definition) is 1. The third-order valence-electron chi connectivity index (χ3n) is 4.81. The number of benzene rings is 3. The summed E-state index contributed by atoms with van der Waals surface area (Å²) in [6.45, 7) is 1.86. The van der Waals surface area contributed by atoms with E-state index in [1.807, 2.05) is 13.0 Å². The quantitative estimate of drug-likeness (QED) is 0.534. The maximum absolute atomic E-state index is 13.2. The van der Waals surface area contributed by atoms with Crippen molar-refractivity contribution in [3.8, 4) is 11.5 Å². The third kappa shape index (κ3) is 4.98. The van der Waals surface area contributed by atoms with Crippen LogP contribution in [0.3, 0.4) is 0 Å². The highest BCUT2D eigenvalue weighted by molar-refractivity contribution is 7.92. The van der Waals surface area contributed by atoms with E-state index in [4.69, 9.17) is 21.1 Å². The molecule has 0 aromatic heterocycles. The van der Waals surface area contributed by atoms with E-state index in [1.165, 1.54) is 37.3 Å². The summed E-state index contributed by atoms with van der Waals surface area (Å²) in [7, 11) is 0.645. The monoisotopic (exact) mass is 474 g/mol. The van der Waals surface area contributed by atoms with Gasteiger partial charge in [-0.1, -0.05) is 23.7 Å². The normalized spacial score (nSPS) is 11.0. The molecule has 0 fully saturated rings. The number of aryl methyl sites for hydroxylation is 1. The number of carbonyl (C=O) groups excluding carboxylic acids is 1. The van der Waals surface area contributed by atoms with Crippen molar-refractivity contribution in [2.24, 2.45) is 0 Å². The number of ether oxygens (including phenoxy) is 2. The molecule has 0 aliphatic rings. The van der Waals surface area contributed by atoms with E-state index in [0.717, 1.165) is 5.56 Å². The Bertz CT molecular complexity index is 1260. The first kappa shape index (κ1) is 23.4. The summed E-state index contributed by atoms with van der Waals surface area (Å²) in [5, 5.41) is 0.136. The number of methoxy groups -OCH3 is 2. The molecule has 7 nitrogen and oxygen atoms in total. The lowest BCUT2D eigenvalue weighted by Gasteiger charge is -2.20. The molecule has 168 valence electrons. The average molecular weight is 475 g/mol. The Kier molecular flexibility index (Phi) is 6.96. The number of sulfonamides is 1. The van der Waals surface area contributed by atoms with Gasteiger partial charge in [0.15, 0.2) is 11.5 Å². The number of nitrogens with zero attached hydrogens (tertiary/aromatic N) is 1. The van der Waals surface area contributed by atoms with Crippen molar-refractivity contribution in [2.75, 3.05) is 30.9 Å². The predicted molar refractivity (Wildman–Crippen MR) is 126 cm³/mol. The van der Waals surface area contributed by atoms with Gasteiger partial charge in [0.2, 0.25) is 0 Å². The minimum Gasteiger partial charge on any atom is -0.493 e. The van der Waals surface area contributed by atoms with Crippen molar-refractivity contribution >= 4 is 38.9 Å². The second-order valence-corrected chi connectivity index (χ2v) is 9.11. The van der Waals surface area contributed by atoms with Gasteiger partial charge in [-0.3, -0.25) is 9.52 Å². The summed E-state index contributed by atoms with van der Waals surface area (Å²) in [4.78, 5) is 14.4. The fourth-order valence-electron chi connectivity index (χ4n) is 3.09. The molecule has 0 aliphatic heterocycles. The summed E-state index contributed by atoms with van der Waals surface area (Å²) in [5.41, 5.74) is 1.91. The Balaban J connectivity index is 1.93. The van der Waals surface area contributed by atoms with E-state index in [0.29, 0.717) is 22.9 Å². The number of carbonyl (C=O) groups is 1. The lowest BCUT2D eigenvalue weighted by Crippen LogP contribution is -2.27. The molecule has 0 saturated heterocycles. The Morgan fingerprint density at radius 3 is 2.34 bits per heavy atom. The summed E-state index contributed by atoms with van der Waals surface area (Å²) in [6.07, 6.45) is 0. The summed E-state index contributed by atoms with van der Waals surface area (Å²) in [5.74, 6) is 0.495. The van der Waals surface area contributed by atoms with E-state index in [1.54, 1.807) is 43.4 Å². The van der Waals surface area contributed by atoms with Gasteiger partial charge in [-0.15, -0.1) is 0 Å². The summed E-state index contributed by atoms with van der Waals surface area (Å²) < 4.78 is 38.8. The standard InChI is InChI=1S/C23H23ClN2O5S/c1-15-6-5-7-16(12-15)25-32(28,29)18-9-10-20(24)19(14-18)23(27)26(2)17-8-11-21(30-3)22(13-17)31-4/h5-14,25H,1-4H3. The van der Waals surface area contributed by atoms with Gasteiger partial charge < -0.3 is 14.4 Å². The van der Waals surface area contributed by atoms with Gasteiger partial charge in [0.05, 0.1) is 29.7 Å².